The highest BCUT2D eigenvalue weighted by Crippen LogP contribution is 2.24. The number of aryl methyl sites for hydroxylation is 1. The van der Waals surface area contributed by atoms with Crippen molar-refractivity contribution in [3.63, 3.8) is 0 Å². The van der Waals surface area contributed by atoms with Crippen LogP contribution in [0.25, 0.3) is 11.4 Å². The lowest BCUT2D eigenvalue weighted by Crippen LogP contribution is -2.40. The standard InChI is InChI=1S/C22H22BrClN4O2/c1-14-4-9-18(24)11-19(14)25-22(29)16-3-2-10-28(12-16)13-20-26-21(27-30-20)15-5-7-17(23)8-6-15/h4-9,11,16H,2-3,10,12-13H2,1H3,(H,25,29). The number of nitrogens with zero attached hydrogens (tertiary/aromatic N) is 3. The predicted octanol–water partition coefficient (Wildman–Crippen LogP) is 5.31. The van der Waals surface area contributed by atoms with E-state index in [0.717, 1.165) is 40.7 Å². The number of carbonyl (C=O) groups excluding carboxylic acids is 1. The van der Waals surface area contributed by atoms with Crippen molar-refractivity contribution in [1.29, 1.82) is 0 Å². The Labute approximate surface area is 188 Å². The molecular weight excluding hydrogens is 468 g/mol. The fraction of sp³-hybridized carbons (Fsp3) is 0.318. The minimum Gasteiger partial charge on any atom is -0.338 e. The first-order valence-electron chi connectivity index (χ1n) is 9.86. The highest BCUT2D eigenvalue weighted by atomic mass is 79.9. The van der Waals surface area contributed by atoms with E-state index >= 15 is 0 Å². The molecule has 0 aliphatic carbocycles. The van der Waals surface area contributed by atoms with Gasteiger partial charge in [-0.05, 0) is 68.3 Å². The third-order valence-corrected chi connectivity index (χ3v) is 6.03. The van der Waals surface area contributed by atoms with E-state index in [1.54, 1.807) is 6.07 Å². The van der Waals surface area contributed by atoms with Crippen LogP contribution in [0.2, 0.25) is 5.02 Å². The first kappa shape index (κ1) is 21.0. The highest BCUT2D eigenvalue weighted by Gasteiger charge is 2.27. The summed E-state index contributed by atoms with van der Waals surface area (Å²) in [5, 5.41) is 7.73. The van der Waals surface area contributed by atoms with Crippen LogP contribution < -0.4 is 5.32 Å². The number of hydrogen-bond donors (Lipinski definition) is 1. The van der Waals surface area contributed by atoms with E-state index in [1.165, 1.54) is 0 Å². The second kappa shape index (κ2) is 9.29. The lowest BCUT2D eigenvalue weighted by Gasteiger charge is -2.31. The van der Waals surface area contributed by atoms with Gasteiger partial charge in [0, 0.05) is 27.3 Å². The van der Waals surface area contributed by atoms with E-state index in [1.807, 2.05) is 43.3 Å². The summed E-state index contributed by atoms with van der Waals surface area (Å²) in [6.45, 7) is 4.04. The predicted molar refractivity (Wildman–Crippen MR) is 120 cm³/mol. The molecule has 156 valence electrons. The topological polar surface area (TPSA) is 71.3 Å². The van der Waals surface area contributed by atoms with Gasteiger partial charge in [0.15, 0.2) is 0 Å². The molecule has 1 aliphatic rings. The molecular formula is C22H22BrClN4O2. The minimum atomic E-state index is -0.0917. The molecule has 4 rings (SSSR count). The number of halogens is 2. The van der Waals surface area contributed by atoms with Crippen molar-refractivity contribution in [3.8, 4) is 11.4 Å². The van der Waals surface area contributed by atoms with Gasteiger partial charge in [0.2, 0.25) is 17.6 Å². The monoisotopic (exact) mass is 488 g/mol. The van der Waals surface area contributed by atoms with Crippen LogP contribution in [0.5, 0.6) is 0 Å². The van der Waals surface area contributed by atoms with E-state index in [9.17, 15) is 4.79 Å². The normalized spacial score (nSPS) is 17.1. The van der Waals surface area contributed by atoms with E-state index in [-0.39, 0.29) is 11.8 Å². The number of hydrogen-bond acceptors (Lipinski definition) is 5. The fourth-order valence-electron chi connectivity index (χ4n) is 3.60. The van der Waals surface area contributed by atoms with Gasteiger partial charge in [-0.25, -0.2) is 0 Å². The Morgan fingerprint density at radius 1 is 1.30 bits per heavy atom. The molecule has 30 heavy (non-hydrogen) atoms. The number of aromatic nitrogens is 2. The maximum absolute atomic E-state index is 12.8. The maximum atomic E-state index is 12.8. The number of likely N-dealkylation sites (tertiary alicyclic amines) is 1. The molecule has 1 amide bonds. The molecule has 0 spiro atoms. The molecule has 1 atom stereocenters. The van der Waals surface area contributed by atoms with Gasteiger partial charge in [0.1, 0.15) is 0 Å². The largest absolute Gasteiger partial charge is 0.338 e. The number of carbonyl (C=O) groups is 1. The van der Waals surface area contributed by atoms with Crippen molar-refractivity contribution in [1.82, 2.24) is 15.0 Å². The number of benzene rings is 2. The summed E-state index contributed by atoms with van der Waals surface area (Å²) in [6.07, 6.45) is 1.80. The molecule has 1 N–H and O–H groups in total. The van der Waals surface area contributed by atoms with E-state index in [0.29, 0.717) is 29.8 Å². The molecule has 2 aromatic carbocycles. The molecule has 6 nitrogen and oxygen atoms in total. The fourth-order valence-corrected chi connectivity index (χ4v) is 4.04. The van der Waals surface area contributed by atoms with Gasteiger partial charge in [-0.3, -0.25) is 9.69 Å². The van der Waals surface area contributed by atoms with Crippen LogP contribution in [-0.2, 0) is 11.3 Å². The second-order valence-electron chi connectivity index (χ2n) is 7.54. The van der Waals surface area contributed by atoms with Gasteiger partial charge in [-0.15, -0.1) is 0 Å². The van der Waals surface area contributed by atoms with Crippen LogP contribution in [0.4, 0.5) is 5.69 Å². The Morgan fingerprint density at radius 3 is 2.90 bits per heavy atom. The first-order chi connectivity index (χ1) is 14.5. The van der Waals surface area contributed by atoms with Gasteiger partial charge in [0.25, 0.3) is 0 Å². The molecule has 8 heteroatoms. The SMILES string of the molecule is Cc1ccc(Cl)cc1NC(=O)C1CCCN(Cc2nc(-c3ccc(Br)cc3)no2)C1. The third kappa shape index (κ3) is 5.09. The molecule has 1 saturated heterocycles. The van der Waals surface area contributed by atoms with Crippen LogP contribution in [-0.4, -0.2) is 34.0 Å². The van der Waals surface area contributed by atoms with Crippen LogP contribution in [0.1, 0.15) is 24.3 Å². The molecule has 0 bridgehead atoms. The van der Waals surface area contributed by atoms with E-state index in [4.69, 9.17) is 16.1 Å². The number of amides is 1. The van der Waals surface area contributed by atoms with E-state index < -0.39 is 0 Å². The third-order valence-electron chi connectivity index (χ3n) is 5.26. The van der Waals surface area contributed by atoms with Crippen molar-refractivity contribution in [2.45, 2.75) is 26.3 Å². The van der Waals surface area contributed by atoms with Gasteiger partial charge in [0.05, 0.1) is 12.5 Å². The number of rotatable bonds is 5. The maximum Gasteiger partial charge on any atom is 0.241 e. The number of anilines is 1. The summed E-state index contributed by atoms with van der Waals surface area (Å²) in [7, 11) is 0. The zero-order chi connectivity index (χ0) is 21.1. The molecule has 2 heterocycles. The summed E-state index contributed by atoms with van der Waals surface area (Å²) < 4.78 is 6.44. The van der Waals surface area contributed by atoms with Crippen LogP contribution in [0.3, 0.4) is 0 Å². The summed E-state index contributed by atoms with van der Waals surface area (Å²) in [5.41, 5.74) is 2.66. The minimum absolute atomic E-state index is 0.0196. The summed E-state index contributed by atoms with van der Waals surface area (Å²) in [5.74, 6) is 1.05. The Balaban J connectivity index is 1.38. The molecule has 0 radical (unpaired) electrons. The van der Waals surface area contributed by atoms with Crippen LogP contribution in [0.15, 0.2) is 51.5 Å². The summed E-state index contributed by atoms with van der Waals surface area (Å²) in [6, 6.07) is 13.3. The molecule has 3 aromatic rings. The van der Waals surface area contributed by atoms with Gasteiger partial charge < -0.3 is 9.84 Å². The van der Waals surface area contributed by atoms with Crippen LogP contribution >= 0.6 is 27.5 Å². The van der Waals surface area contributed by atoms with Gasteiger partial charge in [-0.2, -0.15) is 4.98 Å². The number of piperidine rings is 1. The molecule has 0 saturated carbocycles. The average molecular weight is 490 g/mol. The van der Waals surface area contributed by atoms with Crippen molar-refractivity contribution in [2.75, 3.05) is 18.4 Å². The second-order valence-corrected chi connectivity index (χ2v) is 8.89. The Morgan fingerprint density at radius 2 is 2.10 bits per heavy atom. The molecule has 1 aliphatic heterocycles. The molecule has 1 unspecified atom stereocenters. The van der Waals surface area contributed by atoms with Crippen molar-refractivity contribution >= 4 is 39.1 Å². The van der Waals surface area contributed by atoms with E-state index in [2.05, 4.69) is 36.3 Å². The van der Waals surface area contributed by atoms with Crippen LogP contribution in [0, 0.1) is 12.8 Å². The van der Waals surface area contributed by atoms with Crippen molar-refractivity contribution < 1.29 is 9.32 Å². The lowest BCUT2D eigenvalue weighted by molar-refractivity contribution is -0.121. The smallest absolute Gasteiger partial charge is 0.241 e. The Hall–Kier alpha value is -2.22. The van der Waals surface area contributed by atoms with Gasteiger partial charge in [-0.1, -0.05) is 38.8 Å². The zero-order valence-corrected chi connectivity index (χ0v) is 18.9. The summed E-state index contributed by atoms with van der Waals surface area (Å²) >= 11 is 9.49. The lowest BCUT2D eigenvalue weighted by atomic mass is 9.97. The first-order valence-corrected chi connectivity index (χ1v) is 11.0. The number of nitrogens with one attached hydrogen (secondary N) is 1. The average Bonchev–Trinajstić information content (AvgIpc) is 3.20. The van der Waals surface area contributed by atoms with Crippen molar-refractivity contribution in [3.05, 3.63) is 63.4 Å². The van der Waals surface area contributed by atoms with Gasteiger partial charge >= 0.3 is 0 Å². The zero-order valence-electron chi connectivity index (χ0n) is 16.6. The highest BCUT2D eigenvalue weighted by molar-refractivity contribution is 9.10. The molecule has 1 aromatic heterocycles. The quantitative estimate of drug-likeness (QED) is 0.526. The Kier molecular flexibility index (Phi) is 6.51. The van der Waals surface area contributed by atoms with Crippen molar-refractivity contribution in [2.24, 2.45) is 5.92 Å². The molecule has 1 fully saturated rings. The summed E-state index contributed by atoms with van der Waals surface area (Å²) in [4.78, 5) is 19.5. The Bertz CT molecular complexity index is 1040.